The monoisotopic (exact) mass is 284 g/mol. The molecule has 0 radical (unpaired) electrons. The number of furan rings is 1. The van der Waals surface area contributed by atoms with Crippen LogP contribution in [0.15, 0.2) is 40.8 Å². The predicted octanol–water partition coefficient (Wildman–Crippen LogP) is 3.85. The Hall–Kier alpha value is -1.74. The smallest absolute Gasteiger partial charge is 0.127 e. The number of rotatable bonds is 5. The molecule has 2 aromatic rings. The summed E-state index contributed by atoms with van der Waals surface area (Å²) in [5, 5.41) is 0. The first-order valence-electron chi connectivity index (χ1n) is 7.70. The zero-order valence-corrected chi connectivity index (χ0v) is 13.0. The van der Waals surface area contributed by atoms with Gasteiger partial charge in [0.2, 0.25) is 0 Å². The lowest BCUT2D eigenvalue weighted by Gasteiger charge is -2.29. The maximum absolute atomic E-state index is 6.09. The normalized spacial score (nSPS) is 22.1. The van der Waals surface area contributed by atoms with Gasteiger partial charge >= 0.3 is 0 Å². The molecule has 1 aliphatic carbocycles. The average molecular weight is 284 g/mol. The molecule has 3 nitrogen and oxygen atoms in total. The molecular weight excluding hydrogens is 260 g/mol. The standard InChI is InChI=1S/C18H24N2O/c1-12-6-4-5-7-15(12)20(3)16(11-19)18-9-8-17(21-18)14-10-13(14)2/h4-9,13-14,16H,10-11,19H2,1-3H3. The number of nitrogens with two attached hydrogens (primary N) is 1. The summed E-state index contributed by atoms with van der Waals surface area (Å²) in [6.07, 6.45) is 1.24. The van der Waals surface area contributed by atoms with Gasteiger partial charge in [0.1, 0.15) is 11.5 Å². The van der Waals surface area contributed by atoms with Gasteiger partial charge < -0.3 is 15.1 Å². The van der Waals surface area contributed by atoms with Gasteiger partial charge in [-0.2, -0.15) is 0 Å². The quantitative estimate of drug-likeness (QED) is 0.907. The maximum Gasteiger partial charge on any atom is 0.127 e. The third-order valence-electron chi connectivity index (χ3n) is 4.64. The summed E-state index contributed by atoms with van der Waals surface area (Å²) in [7, 11) is 2.09. The number of benzene rings is 1. The molecular formula is C18H24N2O. The predicted molar refractivity (Wildman–Crippen MR) is 86.6 cm³/mol. The lowest BCUT2D eigenvalue weighted by atomic mass is 10.1. The van der Waals surface area contributed by atoms with Crippen molar-refractivity contribution in [2.45, 2.75) is 32.2 Å². The minimum Gasteiger partial charge on any atom is -0.464 e. The van der Waals surface area contributed by atoms with Gasteiger partial charge in [-0.05, 0) is 43.0 Å². The minimum absolute atomic E-state index is 0.0777. The zero-order valence-electron chi connectivity index (χ0n) is 13.0. The second kappa shape index (κ2) is 5.57. The van der Waals surface area contributed by atoms with Crippen LogP contribution in [-0.4, -0.2) is 13.6 Å². The fourth-order valence-electron chi connectivity index (χ4n) is 3.06. The van der Waals surface area contributed by atoms with Crippen LogP contribution in [0.5, 0.6) is 0 Å². The molecule has 3 unspecified atom stereocenters. The van der Waals surface area contributed by atoms with Crippen molar-refractivity contribution in [1.82, 2.24) is 0 Å². The van der Waals surface area contributed by atoms with Crippen LogP contribution >= 0.6 is 0 Å². The minimum atomic E-state index is 0.0777. The molecule has 1 aromatic heterocycles. The summed E-state index contributed by atoms with van der Waals surface area (Å²) in [6.45, 7) is 4.93. The molecule has 1 heterocycles. The molecule has 1 aromatic carbocycles. The van der Waals surface area contributed by atoms with Gasteiger partial charge in [-0.1, -0.05) is 25.1 Å². The van der Waals surface area contributed by atoms with Crippen LogP contribution in [0.25, 0.3) is 0 Å². The molecule has 1 saturated carbocycles. The molecule has 21 heavy (non-hydrogen) atoms. The van der Waals surface area contributed by atoms with E-state index in [1.807, 2.05) is 0 Å². The number of para-hydroxylation sites is 1. The van der Waals surface area contributed by atoms with E-state index in [1.165, 1.54) is 17.7 Å². The van der Waals surface area contributed by atoms with E-state index in [0.29, 0.717) is 12.5 Å². The lowest BCUT2D eigenvalue weighted by Crippen LogP contribution is -2.30. The molecule has 1 aliphatic rings. The molecule has 0 bridgehead atoms. The van der Waals surface area contributed by atoms with Gasteiger partial charge in [0.25, 0.3) is 0 Å². The van der Waals surface area contributed by atoms with Crippen LogP contribution in [0, 0.1) is 12.8 Å². The largest absolute Gasteiger partial charge is 0.464 e. The molecule has 3 atom stereocenters. The van der Waals surface area contributed by atoms with E-state index in [1.54, 1.807) is 0 Å². The van der Waals surface area contributed by atoms with E-state index in [-0.39, 0.29) is 6.04 Å². The van der Waals surface area contributed by atoms with Gasteiger partial charge in [-0.3, -0.25) is 0 Å². The summed E-state index contributed by atoms with van der Waals surface area (Å²) in [5.74, 6) is 3.46. The number of anilines is 1. The third-order valence-corrected chi connectivity index (χ3v) is 4.64. The third kappa shape index (κ3) is 2.70. The van der Waals surface area contributed by atoms with Crippen LogP contribution < -0.4 is 10.6 Å². The molecule has 0 aliphatic heterocycles. The van der Waals surface area contributed by atoms with Crippen molar-refractivity contribution in [2.24, 2.45) is 11.7 Å². The lowest BCUT2D eigenvalue weighted by molar-refractivity contribution is 0.426. The molecule has 3 rings (SSSR count). The van der Waals surface area contributed by atoms with Crippen molar-refractivity contribution in [3.05, 3.63) is 53.5 Å². The molecule has 1 fully saturated rings. The van der Waals surface area contributed by atoms with Crippen LogP contribution in [0.1, 0.15) is 42.4 Å². The van der Waals surface area contributed by atoms with Gasteiger partial charge in [-0.25, -0.2) is 0 Å². The summed E-state index contributed by atoms with van der Waals surface area (Å²) in [6, 6.07) is 12.7. The van der Waals surface area contributed by atoms with E-state index in [4.69, 9.17) is 10.2 Å². The fourth-order valence-corrected chi connectivity index (χ4v) is 3.06. The molecule has 2 N–H and O–H groups in total. The first-order valence-corrected chi connectivity index (χ1v) is 7.70. The van der Waals surface area contributed by atoms with Gasteiger partial charge in [0, 0.05) is 25.2 Å². The SMILES string of the molecule is Cc1ccccc1N(C)C(CN)c1ccc(C2CC2C)o1. The number of hydrogen-bond donors (Lipinski definition) is 1. The van der Waals surface area contributed by atoms with Crippen LogP contribution in [0.2, 0.25) is 0 Å². The Morgan fingerprint density at radius 1 is 1.29 bits per heavy atom. The second-order valence-corrected chi connectivity index (χ2v) is 6.21. The van der Waals surface area contributed by atoms with E-state index >= 15 is 0 Å². The highest BCUT2D eigenvalue weighted by Crippen LogP contribution is 2.47. The Balaban J connectivity index is 1.84. The van der Waals surface area contributed by atoms with Crippen molar-refractivity contribution in [3.63, 3.8) is 0 Å². The van der Waals surface area contributed by atoms with E-state index in [2.05, 4.69) is 62.2 Å². The van der Waals surface area contributed by atoms with Gasteiger partial charge in [0.05, 0.1) is 6.04 Å². The van der Waals surface area contributed by atoms with Crippen LogP contribution in [0.3, 0.4) is 0 Å². The molecule has 0 saturated heterocycles. The van der Waals surface area contributed by atoms with Gasteiger partial charge in [0.15, 0.2) is 0 Å². The first kappa shape index (κ1) is 14.2. The summed E-state index contributed by atoms with van der Waals surface area (Å²) in [4.78, 5) is 2.22. The summed E-state index contributed by atoms with van der Waals surface area (Å²) >= 11 is 0. The first-order chi connectivity index (χ1) is 10.1. The van der Waals surface area contributed by atoms with Crippen LogP contribution in [0.4, 0.5) is 5.69 Å². The van der Waals surface area contributed by atoms with Crippen molar-refractivity contribution in [1.29, 1.82) is 0 Å². The fraction of sp³-hybridized carbons (Fsp3) is 0.444. The summed E-state index contributed by atoms with van der Waals surface area (Å²) < 4.78 is 6.09. The number of likely N-dealkylation sites (N-methyl/N-ethyl adjacent to an activating group) is 1. The highest BCUT2D eigenvalue weighted by molar-refractivity contribution is 5.53. The number of nitrogens with zero attached hydrogens (tertiary/aromatic N) is 1. The molecule has 0 spiro atoms. The van der Waals surface area contributed by atoms with E-state index in [0.717, 1.165) is 17.4 Å². The highest BCUT2D eigenvalue weighted by Gasteiger charge is 2.37. The Kier molecular flexibility index (Phi) is 3.77. The number of hydrogen-bond acceptors (Lipinski definition) is 3. The van der Waals surface area contributed by atoms with Gasteiger partial charge in [-0.15, -0.1) is 0 Å². The van der Waals surface area contributed by atoms with Crippen molar-refractivity contribution in [3.8, 4) is 0 Å². The summed E-state index contributed by atoms with van der Waals surface area (Å²) in [5.41, 5.74) is 8.47. The topological polar surface area (TPSA) is 42.4 Å². The highest BCUT2D eigenvalue weighted by atomic mass is 16.3. The van der Waals surface area contributed by atoms with E-state index in [9.17, 15) is 0 Å². The molecule has 3 heteroatoms. The second-order valence-electron chi connectivity index (χ2n) is 6.21. The Bertz CT molecular complexity index is 619. The Morgan fingerprint density at radius 2 is 2.00 bits per heavy atom. The number of aryl methyl sites for hydroxylation is 1. The molecule has 112 valence electrons. The van der Waals surface area contributed by atoms with Crippen molar-refractivity contribution in [2.75, 3.05) is 18.5 Å². The van der Waals surface area contributed by atoms with Crippen LogP contribution in [-0.2, 0) is 0 Å². The van der Waals surface area contributed by atoms with Crippen molar-refractivity contribution >= 4 is 5.69 Å². The Labute approximate surface area is 126 Å². The Morgan fingerprint density at radius 3 is 2.62 bits per heavy atom. The van der Waals surface area contributed by atoms with Crippen molar-refractivity contribution < 1.29 is 4.42 Å². The molecule has 0 amide bonds. The van der Waals surface area contributed by atoms with E-state index < -0.39 is 0 Å². The average Bonchev–Trinajstić information content (AvgIpc) is 3.01. The maximum atomic E-state index is 6.09. The zero-order chi connectivity index (χ0) is 15.0.